The molecule has 7 nitrogen and oxygen atoms in total. The van der Waals surface area contributed by atoms with Crippen LogP contribution in [0.25, 0.3) is 11.0 Å². The van der Waals surface area contributed by atoms with Crippen LogP contribution in [0.3, 0.4) is 0 Å². The standard InChI is InChI=1S/C26H27ClN2O5/c1-2-33-19-6-3-5-17(15-19)23-22-24(30)20-16-18(27)7-8-21(20)34-25(22)26(31)29(23)10-4-9-28-11-13-32-14-12-28/h3,5-8,15-16,23H,2,4,9-14H2,1H3/t23-/m1/s1. The van der Waals surface area contributed by atoms with Crippen LogP contribution in [-0.4, -0.2) is 61.7 Å². The molecule has 1 aromatic heterocycles. The van der Waals surface area contributed by atoms with Crippen molar-refractivity contribution < 1.29 is 18.7 Å². The second kappa shape index (κ2) is 9.78. The van der Waals surface area contributed by atoms with E-state index in [0.29, 0.717) is 40.5 Å². The van der Waals surface area contributed by atoms with Crippen LogP contribution < -0.4 is 10.2 Å². The second-order valence-corrected chi connectivity index (χ2v) is 8.97. The minimum atomic E-state index is -0.549. The largest absolute Gasteiger partial charge is 0.494 e. The number of fused-ring (bicyclic) bond motifs is 2. The van der Waals surface area contributed by atoms with Crippen LogP contribution in [0.5, 0.6) is 5.75 Å². The first-order valence-electron chi connectivity index (χ1n) is 11.7. The molecule has 2 aliphatic rings. The highest BCUT2D eigenvalue weighted by Gasteiger charge is 2.42. The van der Waals surface area contributed by atoms with Gasteiger partial charge in [0.1, 0.15) is 11.3 Å². The molecule has 178 valence electrons. The van der Waals surface area contributed by atoms with Gasteiger partial charge in [-0.2, -0.15) is 0 Å². The van der Waals surface area contributed by atoms with E-state index in [0.717, 1.165) is 44.8 Å². The van der Waals surface area contributed by atoms with Gasteiger partial charge in [0.25, 0.3) is 5.91 Å². The van der Waals surface area contributed by atoms with Gasteiger partial charge in [0, 0.05) is 31.2 Å². The van der Waals surface area contributed by atoms with Crippen molar-refractivity contribution in [1.29, 1.82) is 0 Å². The van der Waals surface area contributed by atoms with Crippen molar-refractivity contribution in [3.05, 3.63) is 74.6 Å². The monoisotopic (exact) mass is 482 g/mol. The maximum atomic E-state index is 13.6. The SMILES string of the molecule is CCOc1cccc([C@@H]2c3c(oc4ccc(Cl)cc4c3=O)C(=O)N2CCCN2CCOCC2)c1. The van der Waals surface area contributed by atoms with Crippen LogP contribution in [0, 0.1) is 0 Å². The first-order chi connectivity index (χ1) is 16.6. The molecular weight excluding hydrogens is 456 g/mol. The van der Waals surface area contributed by atoms with Crippen molar-refractivity contribution in [2.24, 2.45) is 0 Å². The van der Waals surface area contributed by atoms with E-state index in [1.807, 2.05) is 31.2 Å². The van der Waals surface area contributed by atoms with E-state index in [-0.39, 0.29) is 17.1 Å². The van der Waals surface area contributed by atoms with Gasteiger partial charge in [-0.15, -0.1) is 0 Å². The predicted octanol–water partition coefficient (Wildman–Crippen LogP) is 4.11. The fraction of sp³-hybridized carbons (Fsp3) is 0.385. The van der Waals surface area contributed by atoms with Gasteiger partial charge in [-0.25, -0.2) is 0 Å². The highest BCUT2D eigenvalue weighted by atomic mass is 35.5. The zero-order valence-electron chi connectivity index (χ0n) is 19.1. The van der Waals surface area contributed by atoms with Crippen LogP contribution in [0.15, 0.2) is 51.7 Å². The van der Waals surface area contributed by atoms with Crippen molar-refractivity contribution in [3.8, 4) is 5.75 Å². The van der Waals surface area contributed by atoms with Crippen molar-refractivity contribution in [2.45, 2.75) is 19.4 Å². The van der Waals surface area contributed by atoms with Gasteiger partial charge in [-0.1, -0.05) is 23.7 Å². The Morgan fingerprint density at radius 1 is 1.09 bits per heavy atom. The summed E-state index contributed by atoms with van der Waals surface area (Å²) in [5, 5.41) is 0.821. The molecule has 0 aliphatic carbocycles. The molecule has 3 aromatic rings. The predicted molar refractivity (Wildman–Crippen MR) is 130 cm³/mol. The Bertz CT molecular complexity index is 1270. The molecule has 0 bridgehead atoms. The minimum absolute atomic E-state index is 0.109. The lowest BCUT2D eigenvalue weighted by Crippen LogP contribution is -2.38. The number of rotatable bonds is 7. The summed E-state index contributed by atoms with van der Waals surface area (Å²) in [7, 11) is 0. The van der Waals surface area contributed by atoms with Gasteiger partial charge < -0.3 is 18.8 Å². The number of nitrogens with zero attached hydrogens (tertiary/aromatic N) is 2. The van der Waals surface area contributed by atoms with E-state index >= 15 is 0 Å². The number of benzene rings is 2. The molecule has 0 unspecified atom stereocenters. The van der Waals surface area contributed by atoms with E-state index in [4.69, 9.17) is 25.5 Å². The summed E-state index contributed by atoms with van der Waals surface area (Å²) in [6, 6.07) is 11.9. The number of carbonyl (C=O) groups is 1. The maximum Gasteiger partial charge on any atom is 0.290 e. The summed E-state index contributed by atoms with van der Waals surface area (Å²) in [6.45, 7) is 7.04. The van der Waals surface area contributed by atoms with E-state index in [2.05, 4.69) is 4.90 Å². The van der Waals surface area contributed by atoms with Gasteiger partial charge in [0.15, 0.2) is 5.43 Å². The maximum absolute atomic E-state index is 13.6. The lowest BCUT2D eigenvalue weighted by Gasteiger charge is -2.29. The molecule has 2 aliphatic heterocycles. The Morgan fingerprint density at radius 2 is 1.91 bits per heavy atom. The van der Waals surface area contributed by atoms with Gasteiger partial charge in [0.05, 0.1) is 36.8 Å². The Kier molecular flexibility index (Phi) is 6.59. The number of hydrogen-bond acceptors (Lipinski definition) is 6. The summed E-state index contributed by atoms with van der Waals surface area (Å²) in [5.74, 6) is 0.540. The van der Waals surface area contributed by atoms with Crippen molar-refractivity contribution in [2.75, 3.05) is 46.0 Å². The molecule has 0 saturated carbocycles. The van der Waals surface area contributed by atoms with Crippen molar-refractivity contribution in [1.82, 2.24) is 9.80 Å². The van der Waals surface area contributed by atoms with Crippen LogP contribution in [0.2, 0.25) is 5.02 Å². The average Bonchev–Trinajstić information content (AvgIpc) is 3.13. The molecule has 5 rings (SSSR count). The second-order valence-electron chi connectivity index (χ2n) is 8.53. The van der Waals surface area contributed by atoms with Crippen molar-refractivity contribution in [3.63, 3.8) is 0 Å². The molecule has 0 spiro atoms. The normalized spacial score (nSPS) is 18.5. The zero-order valence-corrected chi connectivity index (χ0v) is 19.8. The molecule has 1 fully saturated rings. The Labute approximate surface area is 202 Å². The van der Waals surface area contributed by atoms with E-state index in [1.54, 1.807) is 23.1 Å². The molecule has 0 N–H and O–H groups in total. The van der Waals surface area contributed by atoms with E-state index in [1.165, 1.54) is 0 Å². The van der Waals surface area contributed by atoms with Gasteiger partial charge in [-0.3, -0.25) is 14.5 Å². The lowest BCUT2D eigenvalue weighted by molar-refractivity contribution is 0.0353. The third-order valence-electron chi connectivity index (χ3n) is 6.39. The highest BCUT2D eigenvalue weighted by Crippen LogP contribution is 2.39. The summed E-state index contributed by atoms with van der Waals surface area (Å²) < 4.78 is 17.1. The number of amides is 1. The van der Waals surface area contributed by atoms with Crippen molar-refractivity contribution >= 4 is 28.5 Å². The van der Waals surface area contributed by atoms with Crippen LogP contribution in [0.4, 0.5) is 0 Å². The number of carbonyl (C=O) groups excluding carboxylic acids is 1. The topological polar surface area (TPSA) is 72.2 Å². The van der Waals surface area contributed by atoms with Crippen LogP contribution in [0.1, 0.15) is 41.1 Å². The molecule has 1 atom stereocenters. The molecule has 3 heterocycles. The number of morpholine rings is 1. The molecule has 8 heteroatoms. The summed E-state index contributed by atoms with van der Waals surface area (Å²) in [6.07, 6.45) is 0.779. The quantitative estimate of drug-likeness (QED) is 0.504. The molecule has 34 heavy (non-hydrogen) atoms. The first-order valence-corrected chi connectivity index (χ1v) is 12.0. The Hall–Kier alpha value is -2.87. The smallest absolute Gasteiger partial charge is 0.290 e. The number of hydrogen-bond donors (Lipinski definition) is 0. The van der Waals surface area contributed by atoms with Crippen LogP contribution in [-0.2, 0) is 4.74 Å². The molecule has 1 amide bonds. The highest BCUT2D eigenvalue weighted by molar-refractivity contribution is 6.31. The average molecular weight is 483 g/mol. The molecule has 2 aromatic carbocycles. The third kappa shape index (κ3) is 4.31. The van der Waals surface area contributed by atoms with Gasteiger partial charge in [-0.05, 0) is 49.2 Å². The summed E-state index contributed by atoms with van der Waals surface area (Å²) in [5.41, 5.74) is 1.31. The Morgan fingerprint density at radius 3 is 2.71 bits per heavy atom. The fourth-order valence-electron chi connectivity index (χ4n) is 4.80. The Balaban J connectivity index is 1.54. The van der Waals surface area contributed by atoms with E-state index in [9.17, 15) is 9.59 Å². The summed E-state index contributed by atoms with van der Waals surface area (Å²) in [4.78, 5) is 31.3. The third-order valence-corrected chi connectivity index (χ3v) is 6.62. The first kappa shape index (κ1) is 22.9. The lowest BCUT2D eigenvalue weighted by atomic mass is 9.98. The molecular formula is C26H27ClN2O5. The molecule has 0 radical (unpaired) electrons. The minimum Gasteiger partial charge on any atom is -0.494 e. The van der Waals surface area contributed by atoms with Gasteiger partial charge in [0.2, 0.25) is 5.76 Å². The fourth-order valence-corrected chi connectivity index (χ4v) is 4.97. The van der Waals surface area contributed by atoms with E-state index < -0.39 is 6.04 Å². The molecule has 1 saturated heterocycles. The van der Waals surface area contributed by atoms with Crippen LogP contribution >= 0.6 is 11.6 Å². The number of halogens is 1. The summed E-state index contributed by atoms with van der Waals surface area (Å²) >= 11 is 6.16. The zero-order chi connectivity index (χ0) is 23.7. The number of ether oxygens (including phenoxy) is 2. The van der Waals surface area contributed by atoms with Gasteiger partial charge >= 0.3 is 0 Å².